The van der Waals surface area contributed by atoms with Crippen molar-refractivity contribution in [1.29, 1.82) is 0 Å². The lowest BCUT2D eigenvalue weighted by atomic mass is 9.82. The fraction of sp³-hybridized carbons (Fsp3) is 0.413. The van der Waals surface area contributed by atoms with Gasteiger partial charge in [0, 0.05) is 71.3 Å². The van der Waals surface area contributed by atoms with E-state index in [2.05, 4.69) is 52.9 Å². The van der Waals surface area contributed by atoms with Crippen LogP contribution >= 0.6 is 23.2 Å². The lowest BCUT2D eigenvalue weighted by Gasteiger charge is -2.30. The molecule has 1 amide bonds. The highest BCUT2D eigenvalue weighted by Gasteiger charge is 2.27. The number of aliphatic carboxylic acids is 1. The van der Waals surface area contributed by atoms with E-state index in [1.807, 2.05) is 61.1 Å². The summed E-state index contributed by atoms with van der Waals surface area (Å²) in [6.45, 7) is 7.38. The monoisotopic (exact) mass is 825 g/mol. The van der Waals surface area contributed by atoms with E-state index in [-0.39, 0.29) is 24.0 Å². The molecule has 3 N–H and O–H groups in total. The molecule has 2 fully saturated rings. The maximum Gasteiger partial charge on any atom is 0.306 e. The van der Waals surface area contributed by atoms with Crippen LogP contribution in [0.15, 0.2) is 72.9 Å². The first kappa shape index (κ1) is 41.5. The molecule has 1 saturated heterocycles. The molecule has 0 bridgehead atoms. The highest BCUT2D eigenvalue weighted by molar-refractivity contribution is 6.36. The van der Waals surface area contributed by atoms with E-state index in [4.69, 9.17) is 37.8 Å². The number of carbonyl (C=O) groups excluding carboxylic acids is 1. The van der Waals surface area contributed by atoms with Gasteiger partial charge < -0.3 is 30.1 Å². The molecular formula is C46H53Cl2N5O5. The summed E-state index contributed by atoms with van der Waals surface area (Å²) >= 11 is 14.2. The van der Waals surface area contributed by atoms with Crippen molar-refractivity contribution in [3.63, 3.8) is 0 Å². The summed E-state index contributed by atoms with van der Waals surface area (Å²) in [6.07, 6.45) is 6.66. The van der Waals surface area contributed by atoms with Gasteiger partial charge in [0.25, 0.3) is 0 Å². The van der Waals surface area contributed by atoms with Gasteiger partial charge in [-0.3, -0.25) is 14.3 Å². The predicted molar refractivity (Wildman–Crippen MR) is 231 cm³/mol. The predicted octanol–water partition coefficient (Wildman–Crippen LogP) is 9.21. The summed E-state index contributed by atoms with van der Waals surface area (Å²) in [5, 5.41) is 23.0. The van der Waals surface area contributed by atoms with Gasteiger partial charge in [0.1, 0.15) is 11.5 Å². The lowest BCUT2D eigenvalue weighted by Crippen LogP contribution is -2.35. The fourth-order valence-corrected chi connectivity index (χ4v) is 9.07. The van der Waals surface area contributed by atoms with Crippen LogP contribution in [0.1, 0.15) is 69.1 Å². The number of methoxy groups -OCH3 is 1. The molecule has 1 atom stereocenters. The normalized spacial score (nSPS) is 18.3. The Kier molecular flexibility index (Phi) is 13.3. The molecule has 7 rings (SSSR count). The van der Waals surface area contributed by atoms with Gasteiger partial charge >= 0.3 is 5.97 Å². The van der Waals surface area contributed by atoms with Crippen molar-refractivity contribution in [2.75, 3.05) is 27.2 Å². The Balaban J connectivity index is 1.08. The Bertz CT molecular complexity index is 2270. The van der Waals surface area contributed by atoms with Crippen LogP contribution < -0.4 is 20.1 Å². The second-order valence-electron chi connectivity index (χ2n) is 16.1. The van der Waals surface area contributed by atoms with E-state index < -0.39 is 5.97 Å². The lowest BCUT2D eigenvalue weighted by molar-refractivity contribution is -0.143. The summed E-state index contributed by atoms with van der Waals surface area (Å²) < 4.78 is 14.1. The zero-order chi connectivity index (χ0) is 40.9. The number of nitrogens with zero attached hydrogens (tertiary/aromatic N) is 3. The topological polar surface area (TPSA) is 118 Å². The van der Waals surface area contributed by atoms with E-state index in [1.54, 1.807) is 7.11 Å². The van der Waals surface area contributed by atoms with Crippen LogP contribution in [0.5, 0.6) is 11.5 Å². The van der Waals surface area contributed by atoms with Crippen molar-refractivity contribution in [3.05, 3.63) is 99.7 Å². The van der Waals surface area contributed by atoms with Gasteiger partial charge in [-0.25, -0.2) is 0 Å². The second kappa shape index (κ2) is 18.5. The third-order valence-electron chi connectivity index (χ3n) is 11.5. The van der Waals surface area contributed by atoms with E-state index in [1.165, 1.54) is 0 Å². The first-order valence-corrected chi connectivity index (χ1v) is 21.0. The number of aromatic nitrogens is 2. The van der Waals surface area contributed by atoms with Gasteiger partial charge in [-0.15, -0.1) is 0 Å². The minimum atomic E-state index is -0.673. The summed E-state index contributed by atoms with van der Waals surface area (Å²) in [4.78, 5) is 25.3. The molecule has 1 aromatic heterocycles. The molecule has 0 unspecified atom stereocenters. The Morgan fingerprint density at radius 2 is 1.72 bits per heavy atom. The quantitative estimate of drug-likeness (QED) is 0.0902. The smallest absolute Gasteiger partial charge is 0.306 e. The molecule has 58 heavy (non-hydrogen) atoms. The van der Waals surface area contributed by atoms with Crippen LogP contribution in [0.3, 0.4) is 0 Å². The van der Waals surface area contributed by atoms with Crippen molar-refractivity contribution in [1.82, 2.24) is 25.3 Å². The number of fused-ring (bicyclic) bond motifs is 1. The van der Waals surface area contributed by atoms with Gasteiger partial charge in [-0.2, -0.15) is 5.10 Å². The van der Waals surface area contributed by atoms with E-state index in [0.717, 1.165) is 100.0 Å². The number of ether oxygens (including phenoxy) is 2. The van der Waals surface area contributed by atoms with Crippen LogP contribution in [0, 0.1) is 11.8 Å². The number of hydrogen-bond acceptors (Lipinski definition) is 7. The number of nitrogens with one attached hydrogen (secondary N) is 2. The SMILES string of the molecule is COc1cc(Cn2ncc3c(-c4cccc(-c5ccc(CNC[C@@H]6CCC(=O)N6)c(OC(C)C)c5)c4Cl)cccc32)c(Cl)cc1CN(C)C[C@H]1CC[C@H](C(=O)O)CC1. The molecular weight excluding hydrogens is 773 g/mol. The zero-order valence-corrected chi connectivity index (χ0v) is 35.2. The van der Waals surface area contributed by atoms with E-state index in [9.17, 15) is 14.7 Å². The van der Waals surface area contributed by atoms with E-state index >= 15 is 0 Å². The van der Waals surface area contributed by atoms with Crippen LogP contribution in [0.4, 0.5) is 0 Å². The van der Waals surface area contributed by atoms with Crippen LogP contribution in [-0.2, 0) is 29.2 Å². The molecule has 12 heteroatoms. The summed E-state index contributed by atoms with van der Waals surface area (Å²) in [5.74, 6) is 1.28. The van der Waals surface area contributed by atoms with Crippen molar-refractivity contribution >= 4 is 46.0 Å². The maximum absolute atomic E-state index is 11.6. The number of carboxylic acid groups (broad SMARTS) is 1. The number of carbonyl (C=O) groups is 2. The van der Waals surface area contributed by atoms with Crippen molar-refractivity contribution in [2.45, 2.75) is 84.2 Å². The summed E-state index contributed by atoms with van der Waals surface area (Å²) in [5.41, 5.74) is 7.64. The second-order valence-corrected chi connectivity index (χ2v) is 16.9. The molecule has 0 spiro atoms. The standard InChI is InChI=1S/C46H53Cl2N5O5/c1-28(2)58-43-20-31(15-16-32(43)22-49-23-35-17-18-44(54)51-35)36-7-5-9-38(45(36)48)37-8-6-10-41-39(37)24-50-53(41)27-33-21-42(57-4)34(19-40(33)47)26-52(3)25-29-11-13-30(14-12-29)46(55)56/h5-10,15-16,19-21,24,28-30,35,49H,11-14,17-18,22-23,25-27H2,1-4H3,(H,51,54)(H,55,56)/t29-,30-,35-/m0/s1. The molecule has 2 heterocycles. The third kappa shape index (κ3) is 9.63. The molecule has 2 aliphatic rings. The Morgan fingerprint density at radius 1 is 0.966 bits per heavy atom. The number of hydrogen-bond donors (Lipinski definition) is 3. The molecule has 4 aromatic carbocycles. The highest BCUT2D eigenvalue weighted by Crippen LogP contribution is 2.41. The van der Waals surface area contributed by atoms with Crippen molar-refractivity contribution in [2.24, 2.45) is 11.8 Å². The minimum absolute atomic E-state index is 0.0103. The maximum atomic E-state index is 11.6. The Morgan fingerprint density at radius 3 is 2.45 bits per heavy atom. The van der Waals surface area contributed by atoms with Gasteiger partial charge in [-0.1, -0.05) is 65.7 Å². The van der Waals surface area contributed by atoms with Gasteiger partial charge in [-0.05, 0) is 99.9 Å². The van der Waals surface area contributed by atoms with Crippen LogP contribution in [-0.4, -0.2) is 71.1 Å². The molecule has 1 aliphatic heterocycles. The summed E-state index contributed by atoms with van der Waals surface area (Å²) in [6, 6.07) is 22.7. The number of halogens is 2. The average Bonchev–Trinajstić information content (AvgIpc) is 3.81. The van der Waals surface area contributed by atoms with Gasteiger partial charge in [0.15, 0.2) is 0 Å². The molecule has 1 saturated carbocycles. The first-order chi connectivity index (χ1) is 28.0. The number of benzene rings is 4. The van der Waals surface area contributed by atoms with Gasteiger partial charge in [0.2, 0.25) is 5.91 Å². The molecule has 1 aliphatic carbocycles. The van der Waals surface area contributed by atoms with Crippen molar-refractivity contribution < 1.29 is 24.2 Å². The number of carboxylic acids is 1. The average molecular weight is 827 g/mol. The first-order valence-electron chi connectivity index (χ1n) is 20.3. The molecule has 10 nitrogen and oxygen atoms in total. The van der Waals surface area contributed by atoms with E-state index in [0.29, 0.717) is 48.6 Å². The van der Waals surface area contributed by atoms with Gasteiger partial charge in [0.05, 0.1) is 42.4 Å². The molecule has 5 aromatic rings. The number of rotatable bonds is 16. The van der Waals surface area contributed by atoms with Crippen LogP contribution in [0.25, 0.3) is 33.2 Å². The Hall–Kier alpha value is -4.61. The zero-order valence-electron chi connectivity index (χ0n) is 33.7. The summed E-state index contributed by atoms with van der Waals surface area (Å²) in [7, 11) is 3.78. The fourth-order valence-electron chi connectivity index (χ4n) is 8.49. The van der Waals surface area contributed by atoms with Crippen LogP contribution in [0.2, 0.25) is 10.0 Å². The molecule has 306 valence electrons. The number of amides is 1. The highest BCUT2D eigenvalue weighted by atomic mass is 35.5. The molecule has 0 radical (unpaired) electrons. The van der Waals surface area contributed by atoms with Crippen molar-refractivity contribution in [3.8, 4) is 33.8 Å². The largest absolute Gasteiger partial charge is 0.496 e. The Labute approximate surface area is 350 Å². The third-order valence-corrected chi connectivity index (χ3v) is 12.2. The minimum Gasteiger partial charge on any atom is -0.496 e.